The lowest BCUT2D eigenvalue weighted by molar-refractivity contribution is -0.149. The zero-order valence-corrected chi connectivity index (χ0v) is 20.9. The number of H-pyrrole nitrogens is 1. The van der Waals surface area contributed by atoms with Gasteiger partial charge in [-0.2, -0.15) is 0 Å². The molecule has 8 nitrogen and oxygen atoms in total. The van der Waals surface area contributed by atoms with Gasteiger partial charge in [-0.15, -0.1) is 11.8 Å². The van der Waals surface area contributed by atoms with Crippen LogP contribution >= 0.6 is 34.7 Å². The van der Waals surface area contributed by atoms with Gasteiger partial charge in [-0.05, 0) is 48.4 Å². The van der Waals surface area contributed by atoms with Gasteiger partial charge >= 0.3 is 10.8 Å². The molecule has 2 bridgehead atoms. The number of hydrogen-bond donors (Lipinski definition) is 2. The standard InChI is InChI=1S/C25H19ClN2O6S2/c26-12-4-2-1-3-9(12)13-5-6-14(34-13)19-16-10-7-11(20(16)35-22-21(19)36-25(33)27-22)18-17(10)23(31)28(24(18)32)8-15(29)30/h1-6,10-11,16-20H,7-8H2,(H,27,33)(H,29,30)/t10-,11-,16-,17+,18-,19+,20+/m1/s1. The Kier molecular flexibility index (Phi) is 4.87. The summed E-state index contributed by atoms with van der Waals surface area (Å²) in [4.78, 5) is 54.7. The molecule has 0 unspecified atom stereocenters. The van der Waals surface area contributed by atoms with Crippen molar-refractivity contribution in [3.8, 4) is 11.3 Å². The SMILES string of the molecule is O=C(O)CN1C(=O)[C@@H]2[C@H]3C[C@@H]([C@@H]2C1=O)[C@@H]1[C@H](c2ccc(-c4ccccc4Cl)o2)c2sc(=O)[nH]c2S[C@@H]31. The molecule has 2 saturated carbocycles. The van der Waals surface area contributed by atoms with Crippen molar-refractivity contribution in [2.45, 2.75) is 22.6 Å². The summed E-state index contributed by atoms with van der Waals surface area (Å²) in [6, 6.07) is 11.2. The number of aromatic amines is 1. The normalized spacial score (nSPS) is 32.0. The van der Waals surface area contributed by atoms with E-state index in [0.717, 1.165) is 38.1 Å². The molecule has 1 aromatic carbocycles. The number of carboxylic acid groups (broad SMARTS) is 1. The minimum atomic E-state index is -1.20. The van der Waals surface area contributed by atoms with Gasteiger partial charge in [-0.25, -0.2) is 0 Å². The Morgan fingerprint density at radius 3 is 2.61 bits per heavy atom. The van der Waals surface area contributed by atoms with Crippen LogP contribution in [0.4, 0.5) is 0 Å². The number of fused-ring (bicyclic) bond motifs is 9. The number of aromatic nitrogens is 1. The van der Waals surface area contributed by atoms with Gasteiger partial charge in [0.15, 0.2) is 0 Å². The fraction of sp³-hybridized carbons (Fsp3) is 0.360. The maximum atomic E-state index is 13.3. The van der Waals surface area contributed by atoms with Gasteiger partial charge in [0.2, 0.25) is 11.8 Å². The first-order valence-corrected chi connectivity index (χ1v) is 13.7. The molecule has 2 aliphatic heterocycles. The van der Waals surface area contributed by atoms with Gasteiger partial charge < -0.3 is 14.5 Å². The Morgan fingerprint density at radius 1 is 1.11 bits per heavy atom. The molecule has 2 N–H and O–H groups in total. The van der Waals surface area contributed by atoms with Gasteiger partial charge in [-0.3, -0.25) is 24.1 Å². The van der Waals surface area contributed by atoms with Crippen LogP contribution in [0.25, 0.3) is 11.3 Å². The number of likely N-dealkylation sites (tertiary alicyclic amines) is 1. The second-order valence-corrected chi connectivity index (χ2v) is 12.4. The Hall–Kier alpha value is -2.82. The number of aliphatic carboxylic acids is 1. The van der Waals surface area contributed by atoms with Crippen LogP contribution in [0.15, 0.2) is 50.6 Å². The minimum absolute atomic E-state index is 0.00870. The molecule has 184 valence electrons. The van der Waals surface area contributed by atoms with E-state index >= 15 is 0 Å². The molecule has 3 aromatic rings. The molecule has 7 rings (SSSR count). The predicted molar refractivity (Wildman–Crippen MR) is 132 cm³/mol. The van der Waals surface area contributed by atoms with Gasteiger partial charge in [0, 0.05) is 10.8 Å². The Balaban J connectivity index is 1.32. The number of furan rings is 1. The summed E-state index contributed by atoms with van der Waals surface area (Å²) in [7, 11) is 0. The summed E-state index contributed by atoms with van der Waals surface area (Å²) in [5, 5.41) is 10.6. The number of nitrogens with zero attached hydrogens (tertiary/aromatic N) is 1. The third-order valence-electron chi connectivity index (χ3n) is 8.18. The summed E-state index contributed by atoms with van der Waals surface area (Å²) in [5.41, 5.74) is 0.767. The van der Waals surface area contributed by atoms with E-state index in [9.17, 15) is 24.3 Å². The lowest BCUT2D eigenvalue weighted by Crippen LogP contribution is -2.42. The van der Waals surface area contributed by atoms with Crippen molar-refractivity contribution in [1.29, 1.82) is 0 Å². The lowest BCUT2D eigenvalue weighted by Gasteiger charge is -2.42. The van der Waals surface area contributed by atoms with Crippen molar-refractivity contribution in [2.24, 2.45) is 29.6 Å². The lowest BCUT2D eigenvalue weighted by atomic mass is 9.69. The molecular formula is C25H19ClN2O6S2. The fourth-order valence-corrected chi connectivity index (χ4v) is 10.1. The summed E-state index contributed by atoms with van der Waals surface area (Å²) < 4.78 is 6.36. The Bertz CT molecular complexity index is 1510. The maximum absolute atomic E-state index is 13.3. The molecule has 2 amide bonds. The number of rotatable bonds is 4. The molecule has 2 aromatic heterocycles. The third-order valence-corrected chi connectivity index (χ3v) is 11.1. The number of carboxylic acids is 1. The highest BCUT2D eigenvalue weighted by Crippen LogP contribution is 2.68. The highest BCUT2D eigenvalue weighted by molar-refractivity contribution is 8.00. The zero-order chi connectivity index (χ0) is 24.9. The van der Waals surface area contributed by atoms with Crippen LogP contribution in [0.2, 0.25) is 5.02 Å². The van der Waals surface area contributed by atoms with Crippen molar-refractivity contribution >= 4 is 52.5 Å². The molecule has 4 aliphatic rings. The van der Waals surface area contributed by atoms with Crippen molar-refractivity contribution in [3.05, 3.63) is 61.7 Å². The predicted octanol–water partition coefficient (Wildman–Crippen LogP) is 3.91. The van der Waals surface area contributed by atoms with Crippen LogP contribution in [0.5, 0.6) is 0 Å². The number of carbonyl (C=O) groups is 3. The van der Waals surface area contributed by atoms with Crippen LogP contribution in [0.3, 0.4) is 0 Å². The second kappa shape index (κ2) is 7.84. The molecule has 36 heavy (non-hydrogen) atoms. The molecule has 4 heterocycles. The van der Waals surface area contributed by atoms with E-state index < -0.39 is 24.3 Å². The average Bonchev–Trinajstić information content (AvgIpc) is 3.64. The van der Waals surface area contributed by atoms with E-state index in [4.69, 9.17) is 16.0 Å². The molecule has 1 saturated heterocycles. The van der Waals surface area contributed by atoms with E-state index in [2.05, 4.69) is 4.98 Å². The van der Waals surface area contributed by atoms with Crippen molar-refractivity contribution in [2.75, 3.05) is 6.54 Å². The first kappa shape index (κ1) is 22.4. The molecule has 2 aliphatic carbocycles. The average molecular weight is 543 g/mol. The molecular weight excluding hydrogens is 524 g/mol. The maximum Gasteiger partial charge on any atom is 0.323 e. The number of thioether (sulfide) groups is 1. The number of halogens is 1. The van der Waals surface area contributed by atoms with Crippen LogP contribution < -0.4 is 4.87 Å². The van der Waals surface area contributed by atoms with Crippen molar-refractivity contribution in [3.63, 3.8) is 0 Å². The second-order valence-electron chi connectivity index (χ2n) is 9.80. The van der Waals surface area contributed by atoms with Gasteiger partial charge in [0.25, 0.3) is 0 Å². The van der Waals surface area contributed by atoms with Crippen LogP contribution in [-0.2, 0) is 14.4 Å². The summed E-state index contributed by atoms with van der Waals surface area (Å²) in [5.74, 6) is -2.11. The topological polar surface area (TPSA) is 121 Å². The first-order valence-electron chi connectivity index (χ1n) is 11.6. The quantitative estimate of drug-likeness (QED) is 0.479. The highest BCUT2D eigenvalue weighted by atomic mass is 35.5. The summed E-state index contributed by atoms with van der Waals surface area (Å²) in [6.45, 7) is -0.601. The van der Waals surface area contributed by atoms with Gasteiger partial charge in [0.1, 0.15) is 18.1 Å². The number of nitrogens with one attached hydrogen (secondary N) is 1. The van der Waals surface area contributed by atoms with E-state index in [0.29, 0.717) is 16.5 Å². The Labute approximate surface area is 217 Å². The van der Waals surface area contributed by atoms with E-state index in [1.165, 1.54) is 0 Å². The third kappa shape index (κ3) is 3.01. The van der Waals surface area contributed by atoms with E-state index in [1.807, 2.05) is 30.3 Å². The van der Waals surface area contributed by atoms with Crippen LogP contribution in [-0.4, -0.2) is 44.6 Å². The number of hydrogen-bond acceptors (Lipinski definition) is 7. The number of imide groups is 1. The first-order chi connectivity index (χ1) is 17.3. The zero-order valence-electron chi connectivity index (χ0n) is 18.5. The Morgan fingerprint density at radius 2 is 1.86 bits per heavy atom. The number of thiazole rings is 1. The van der Waals surface area contributed by atoms with E-state index in [1.54, 1.807) is 17.8 Å². The molecule has 0 spiro atoms. The van der Waals surface area contributed by atoms with Crippen LogP contribution in [0.1, 0.15) is 23.0 Å². The van der Waals surface area contributed by atoms with Gasteiger partial charge in [0.05, 0.1) is 32.7 Å². The van der Waals surface area contributed by atoms with E-state index in [-0.39, 0.29) is 45.6 Å². The minimum Gasteiger partial charge on any atom is -0.480 e. The summed E-state index contributed by atoms with van der Waals surface area (Å²) >= 11 is 9.13. The number of carbonyl (C=O) groups excluding carboxylic acids is 2. The van der Waals surface area contributed by atoms with Crippen LogP contribution in [0, 0.1) is 29.6 Å². The molecule has 11 heteroatoms. The highest BCUT2D eigenvalue weighted by Gasteiger charge is 2.70. The van der Waals surface area contributed by atoms with Crippen molar-refractivity contribution < 1.29 is 23.9 Å². The largest absolute Gasteiger partial charge is 0.480 e. The monoisotopic (exact) mass is 542 g/mol. The summed E-state index contributed by atoms with van der Waals surface area (Å²) in [6.07, 6.45) is 0.726. The smallest absolute Gasteiger partial charge is 0.323 e. The molecule has 7 atom stereocenters. The molecule has 3 fully saturated rings. The number of amides is 2. The van der Waals surface area contributed by atoms with Crippen molar-refractivity contribution in [1.82, 2.24) is 9.88 Å². The van der Waals surface area contributed by atoms with Gasteiger partial charge in [-0.1, -0.05) is 35.1 Å². The molecule has 0 radical (unpaired) electrons. The number of benzene rings is 1. The fourth-order valence-electron chi connectivity index (χ4n) is 7.01.